The van der Waals surface area contributed by atoms with Gasteiger partial charge in [0.05, 0.1) is 32.2 Å². The topological polar surface area (TPSA) is 107 Å². The molecule has 1 aliphatic heterocycles. The number of rotatable bonds is 7. The molecule has 29 heavy (non-hydrogen) atoms. The highest BCUT2D eigenvalue weighted by atomic mass is 35.5. The highest BCUT2D eigenvalue weighted by Crippen LogP contribution is 2.39. The van der Waals surface area contributed by atoms with Crippen LogP contribution in [0.25, 0.3) is 0 Å². The summed E-state index contributed by atoms with van der Waals surface area (Å²) >= 11 is 18.4. The number of benzene rings is 1. The molecule has 0 bridgehead atoms. The highest BCUT2D eigenvalue weighted by molar-refractivity contribution is 6.49. The number of carboxylic acids is 2. The van der Waals surface area contributed by atoms with Crippen LogP contribution in [0.5, 0.6) is 0 Å². The van der Waals surface area contributed by atoms with Crippen LogP contribution in [0.4, 0.5) is 5.69 Å². The van der Waals surface area contributed by atoms with Crippen molar-refractivity contribution >= 4 is 58.3 Å². The average Bonchev–Trinajstić information content (AvgIpc) is 2.68. The van der Waals surface area contributed by atoms with E-state index in [0.717, 1.165) is 0 Å². The third kappa shape index (κ3) is 5.42. The lowest BCUT2D eigenvalue weighted by atomic mass is 9.78. The first kappa shape index (κ1) is 23.5. The van der Waals surface area contributed by atoms with E-state index in [1.807, 2.05) is 0 Å². The van der Waals surface area contributed by atoms with Crippen LogP contribution in [-0.4, -0.2) is 47.7 Å². The van der Waals surface area contributed by atoms with E-state index in [2.05, 4.69) is 5.32 Å². The Bertz CT molecular complexity index is 837. The maximum atomic E-state index is 13.5. The number of amides is 1. The molecule has 0 aromatic heterocycles. The maximum Gasteiger partial charge on any atom is 0.332 e. The van der Waals surface area contributed by atoms with Crippen molar-refractivity contribution in [1.29, 1.82) is 0 Å². The molecule has 1 aliphatic rings. The fourth-order valence-corrected chi connectivity index (χ4v) is 4.15. The van der Waals surface area contributed by atoms with Crippen molar-refractivity contribution < 1.29 is 24.6 Å². The van der Waals surface area contributed by atoms with E-state index in [9.17, 15) is 19.5 Å². The van der Waals surface area contributed by atoms with Crippen LogP contribution in [0.1, 0.15) is 19.8 Å². The lowest BCUT2D eigenvalue weighted by molar-refractivity contribution is -0.137. The highest BCUT2D eigenvalue weighted by Gasteiger charge is 2.39. The van der Waals surface area contributed by atoms with Gasteiger partial charge in [-0.2, -0.15) is 0 Å². The number of hydrogen-bond acceptors (Lipinski definition) is 4. The van der Waals surface area contributed by atoms with Crippen molar-refractivity contribution in [2.75, 3.05) is 24.5 Å². The second kappa shape index (κ2) is 10.3. The molecule has 0 spiro atoms. The normalized spacial score (nSPS) is 16.3. The van der Waals surface area contributed by atoms with Gasteiger partial charge in [-0.15, -0.1) is 0 Å². The first-order valence-electron chi connectivity index (χ1n) is 9.02. The molecule has 3 N–H and O–H groups in total. The number of anilines is 1. The van der Waals surface area contributed by atoms with Crippen molar-refractivity contribution in [1.82, 2.24) is 5.32 Å². The van der Waals surface area contributed by atoms with Gasteiger partial charge >= 0.3 is 11.9 Å². The Kier molecular flexibility index (Phi) is 8.34. The van der Waals surface area contributed by atoms with Crippen LogP contribution in [-0.2, 0) is 14.4 Å². The summed E-state index contributed by atoms with van der Waals surface area (Å²) in [5, 5.41) is 22.3. The van der Waals surface area contributed by atoms with E-state index in [1.54, 1.807) is 6.92 Å². The maximum absolute atomic E-state index is 13.5. The van der Waals surface area contributed by atoms with E-state index in [0.29, 0.717) is 32.0 Å². The largest absolute Gasteiger partial charge is 0.478 e. The Morgan fingerprint density at radius 1 is 1.17 bits per heavy atom. The summed E-state index contributed by atoms with van der Waals surface area (Å²) in [6.07, 6.45) is 1.66. The number of halogens is 3. The van der Waals surface area contributed by atoms with Crippen LogP contribution in [0.15, 0.2) is 23.8 Å². The fourth-order valence-electron chi connectivity index (χ4n) is 3.52. The number of carbonyl (C=O) groups is 3. The van der Waals surface area contributed by atoms with Gasteiger partial charge in [0, 0.05) is 12.6 Å². The van der Waals surface area contributed by atoms with Crippen molar-refractivity contribution in [3.8, 4) is 0 Å². The Morgan fingerprint density at radius 3 is 2.31 bits per heavy atom. The lowest BCUT2D eigenvalue weighted by Crippen LogP contribution is -2.44. The first-order valence-corrected chi connectivity index (χ1v) is 10.2. The quantitative estimate of drug-likeness (QED) is 0.420. The van der Waals surface area contributed by atoms with Crippen LogP contribution in [0.3, 0.4) is 0 Å². The average molecular weight is 464 g/mol. The Balaban J connectivity index is 2.56. The van der Waals surface area contributed by atoms with Crippen molar-refractivity contribution in [3.63, 3.8) is 0 Å². The number of nitrogens with zero attached hydrogens (tertiary/aromatic N) is 1. The van der Waals surface area contributed by atoms with Gasteiger partial charge in [-0.05, 0) is 50.9 Å². The molecular formula is C19H21Cl3N2O5. The Hall–Kier alpha value is -1.80. The van der Waals surface area contributed by atoms with Gasteiger partial charge in [-0.25, -0.2) is 9.59 Å². The van der Waals surface area contributed by atoms with Gasteiger partial charge < -0.3 is 20.4 Å². The second-order valence-electron chi connectivity index (χ2n) is 6.59. The minimum Gasteiger partial charge on any atom is -0.478 e. The molecule has 10 heteroatoms. The molecule has 1 atom stereocenters. The number of nitrogens with one attached hydrogen (secondary N) is 1. The minimum atomic E-state index is -1.44. The predicted molar refractivity (Wildman–Crippen MR) is 112 cm³/mol. The predicted octanol–water partition coefficient (Wildman–Crippen LogP) is 3.71. The first-order chi connectivity index (χ1) is 13.7. The van der Waals surface area contributed by atoms with Crippen molar-refractivity contribution in [2.45, 2.75) is 19.8 Å². The van der Waals surface area contributed by atoms with Crippen LogP contribution >= 0.6 is 34.8 Å². The van der Waals surface area contributed by atoms with E-state index in [4.69, 9.17) is 39.9 Å². The third-order valence-corrected chi connectivity index (χ3v) is 6.15. The Labute approximate surface area is 183 Å². The molecule has 1 fully saturated rings. The zero-order valence-electron chi connectivity index (χ0n) is 15.6. The SMILES string of the molecule is CCN(C(=O)C(/C(=C\C(=O)O)C(=O)O)C1CCNCC1)c1ccc(Cl)c(Cl)c1Cl. The van der Waals surface area contributed by atoms with E-state index >= 15 is 0 Å². The molecule has 2 rings (SSSR count). The van der Waals surface area contributed by atoms with Gasteiger partial charge in [0.1, 0.15) is 0 Å². The van der Waals surface area contributed by atoms with Gasteiger partial charge in [-0.3, -0.25) is 4.79 Å². The zero-order valence-corrected chi connectivity index (χ0v) is 17.9. The summed E-state index contributed by atoms with van der Waals surface area (Å²) < 4.78 is 0. The third-order valence-electron chi connectivity index (χ3n) is 4.87. The van der Waals surface area contributed by atoms with Gasteiger partial charge in [0.25, 0.3) is 0 Å². The van der Waals surface area contributed by atoms with Crippen LogP contribution in [0.2, 0.25) is 15.1 Å². The van der Waals surface area contributed by atoms with E-state index in [1.165, 1.54) is 17.0 Å². The lowest BCUT2D eigenvalue weighted by Gasteiger charge is -2.34. The summed E-state index contributed by atoms with van der Waals surface area (Å²) in [6, 6.07) is 3.02. The molecule has 7 nitrogen and oxygen atoms in total. The van der Waals surface area contributed by atoms with E-state index < -0.39 is 29.3 Å². The molecular weight excluding hydrogens is 443 g/mol. The number of carbonyl (C=O) groups excluding carboxylic acids is 1. The van der Waals surface area contributed by atoms with E-state index in [-0.39, 0.29) is 33.2 Å². The second-order valence-corrected chi connectivity index (χ2v) is 7.75. The fraction of sp³-hybridized carbons (Fsp3) is 0.421. The number of carboxylic acid groups (broad SMARTS) is 2. The minimum absolute atomic E-state index is 0.0671. The summed E-state index contributed by atoms with van der Waals surface area (Å²) in [5.74, 6) is -4.89. The van der Waals surface area contributed by atoms with Crippen LogP contribution < -0.4 is 10.2 Å². The molecule has 1 unspecified atom stereocenters. The molecule has 1 amide bonds. The smallest absolute Gasteiger partial charge is 0.332 e. The van der Waals surface area contributed by atoms with Crippen molar-refractivity contribution in [2.24, 2.45) is 11.8 Å². The van der Waals surface area contributed by atoms with Gasteiger partial charge in [0.15, 0.2) is 0 Å². The molecule has 1 aromatic rings. The molecule has 0 aliphatic carbocycles. The molecule has 1 saturated heterocycles. The summed E-state index contributed by atoms with van der Waals surface area (Å²) in [7, 11) is 0. The number of aliphatic carboxylic acids is 2. The number of hydrogen-bond donors (Lipinski definition) is 3. The summed E-state index contributed by atoms with van der Waals surface area (Å²) in [6.45, 7) is 3.09. The molecule has 0 saturated carbocycles. The van der Waals surface area contributed by atoms with Crippen molar-refractivity contribution in [3.05, 3.63) is 38.8 Å². The summed E-state index contributed by atoms with van der Waals surface area (Å²) in [5.41, 5.74) is -0.170. The molecule has 158 valence electrons. The Morgan fingerprint density at radius 2 is 1.79 bits per heavy atom. The zero-order chi connectivity index (χ0) is 21.7. The molecule has 1 aromatic carbocycles. The van der Waals surface area contributed by atoms with Gasteiger partial charge in [-0.1, -0.05) is 34.8 Å². The monoisotopic (exact) mass is 462 g/mol. The van der Waals surface area contributed by atoms with Gasteiger partial charge in [0.2, 0.25) is 5.91 Å². The molecule has 1 heterocycles. The standard InChI is InChI=1S/C19H21Cl3N2O5/c1-2-24(13-4-3-12(20)16(21)17(13)22)18(27)15(10-5-7-23-8-6-10)11(19(28)29)9-14(25)26/h3-4,9-10,15,23H,2,5-8H2,1H3,(H,25,26)(H,28,29)/b11-9+. The van der Waals surface area contributed by atoms with Crippen LogP contribution in [0, 0.1) is 11.8 Å². The summed E-state index contributed by atoms with van der Waals surface area (Å²) in [4.78, 5) is 37.9. The number of piperidine rings is 1. The molecule has 0 radical (unpaired) electrons.